The van der Waals surface area contributed by atoms with E-state index in [4.69, 9.17) is 5.73 Å². The Kier molecular flexibility index (Phi) is 1.81. The van der Waals surface area contributed by atoms with E-state index < -0.39 is 0 Å². The molecule has 3 heteroatoms. The van der Waals surface area contributed by atoms with E-state index in [2.05, 4.69) is 25.0 Å². The number of pyridine rings is 1. The molecular weight excluding hydrogens is 162 g/mol. The van der Waals surface area contributed by atoms with Crippen molar-refractivity contribution in [3.63, 3.8) is 0 Å². The molecule has 0 aliphatic rings. The molecule has 0 radical (unpaired) electrons. The van der Waals surface area contributed by atoms with Gasteiger partial charge in [0.15, 0.2) is 0 Å². The van der Waals surface area contributed by atoms with Gasteiger partial charge in [-0.15, -0.1) is 0 Å². The second-order valence-corrected chi connectivity index (χ2v) is 3.31. The van der Waals surface area contributed by atoms with Crippen molar-refractivity contribution < 1.29 is 0 Å². The third kappa shape index (κ3) is 1.12. The van der Waals surface area contributed by atoms with Crippen LogP contribution in [0.3, 0.4) is 0 Å². The van der Waals surface area contributed by atoms with Crippen LogP contribution in [0.25, 0.3) is 5.52 Å². The minimum absolute atomic E-state index is 0.597. The molecule has 0 aromatic carbocycles. The number of fused-ring (bicyclic) bond motifs is 1. The summed E-state index contributed by atoms with van der Waals surface area (Å²) < 4.78 is 2.03. The van der Waals surface area contributed by atoms with Gasteiger partial charge in [0.05, 0.1) is 18.0 Å². The van der Waals surface area contributed by atoms with Crippen LogP contribution in [0.5, 0.6) is 0 Å². The van der Waals surface area contributed by atoms with E-state index in [1.807, 2.05) is 16.9 Å². The maximum Gasteiger partial charge on any atom is 0.0992 e. The van der Waals surface area contributed by atoms with E-state index in [0.717, 1.165) is 5.52 Å². The molecule has 2 N–H and O–H groups in total. The summed E-state index contributed by atoms with van der Waals surface area (Å²) in [5, 5.41) is 0. The predicted molar refractivity (Wildman–Crippen MR) is 52.6 cm³/mol. The van der Waals surface area contributed by atoms with Crippen LogP contribution in [0.2, 0.25) is 0 Å². The summed E-state index contributed by atoms with van der Waals surface area (Å²) >= 11 is 0. The van der Waals surface area contributed by atoms with E-state index >= 15 is 0 Å². The van der Waals surface area contributed by atoms with Gasteiger partial charge in [0, 0.05) is 12.7 Å². The summed E-state index contributed by atoms with van der Waals surface area (Å²) in [5.74, 6) is 0. The van der Waals surface area contributed by atoms with Gasteiger partial charge >= 0.3 is 0 Å². The highest BCUT2D eigenvalue weighted by molar-refractivity contribution is 5.57. The van der Waals surface area contributed by atoms with Gasteiger partial charge < -0.3 is 10.1 Å². The number of nitrogens with zero attached hydrogens (tertiary/aromatic N) is 2. The Labute approximate surface area is 77.2 Å². The van der Waals surface area contributed by atoms with Crippen LogP contribution in [-0.2, 0) is 6.54 Å². The Morgan fingerprint density at radius 2 is 2.23 bits per heavy atom. The van der Waals surface area contributed by atoms with Gasteiger partial charge in [0.25, 0.3) is 0 Å². The Morgan fingerprint density at radius 1 is 1.46 bits per heavy atom. The first kappa shape index (κ1) is 8.26. The summed E-state index contributed by atoms with van der Waals surface area (Å²) in [6.45, 7) is 4.76. The molecule has 0 saturated heterocycles. The van der Waals surface area contributed by atoms with E-state index in [1.54, 1.807) is 0 Å². The lowest BCUT2D eigenvalue weighted by Crippen LogP contribution is -2.04. The topological polar surface area (TPSA) is 43.3 Å². The molecule has 68 valence electrons. The molecule has 0 fully saturated rings. The number of nitrogens with two attached hydrogens (primary N) is 1. The fraction of sp³-hybridized carbons (Fsp3) is 0.300. The number of aromatic nitrogens is 2. The van der Waals surface area contributed by atoms with Gasteiger partial charge in [-0.1, -0.05) is 0 Å². The lowest BCUT2D eigenvalue weighted by molar-refractivity contribution is 1.00. The zero-order valence-corrected chi connectivity index (χ0v) is 7.91. The van der Waals surface area contributed by atoms with E-state index in [1.165, 1.54) is 16.7 Å². The number of rotatable bonds is 1. The number of aryl methyl sites for hydroxylation is 2. The largest absolute Gasteiger partial charge is 0.326 e. The van der Waals surface area contributed by atoms with Crippen molar-refractivity contribution in [2.24, 2.45) is 5.73 Å². The predicted octanol–water partition coefficient (Wildman–Crippen LogP) is 1.41. The van der Waals surface area contributed by atoms with Crippen LogP contribution in [0.1, 0.15) is 16.7 Å². The van der Waals surface area contributed by atoms with Crippen molar-refractivity contribution in [2.75, 3.05) is 0 Å². The molecule has 0 aliphatic carbocycles. The van der Waals surface area contributed by atoms with E-state index in [9.17, 15) is 0 Å². The van der Waals surface area contributed by atoms with Crippen molar-refractivity contribution >= 4 is 5.52 Å². The van der Waals surface area contributed by atoms with Gasteiger partial charge in [0.2, 0.25) is 0 Å². The molecule has 0 atom stereocenters. The van der Waals surface area contributed by atoms with Crippen LogP contribution in [0, 0.1) is 13.8 Å². The quantitative estimate of drug-likeness (QED) is 0.712. The molecule has 2 rings (SSSR count). The van der Waals surface area contributed by atoms with Gasteiger partial charge in [-0.3, -0.25) is 0 Å². The van der Waals surface area contributed by atoms with Crippen molar-refractivity contribution in [1.29, 1.82) is 0 Å². The van der Waals surface area contributed by atoms with Crippen LogP contribution in [-0.4, -0.2) is 9.38 Å². The molecule has 0 bridgehead atoms. The fourth-order valence-electron chi connectivity index (χ4n) is 1.75. The Bertz CT molecular complexity index is 443. The maximum atomic E-state index is 5.68. The van der Waals surface area contributed by atoms with Crippen molar-refractivity contribution in [3.05, 3.63) is 35.4 Å². The normalized spacial score (nSPS) is 11.0. The fourth-order valence-corrected chi connectivity index (χ4v) is 1.75. The van der Waals surface area contributed by atoms with Crippen LogP contribution < -0.4 is 5.73 Å². The Morgan fingerprint density at radius 3 is 2.92 bits per heavy atom. The average Bonchev–Trinajstić information content (AvgIpc) is 2.53. The molecule has 0 unspecified atom stereocenters. The molecule has 2 aromatic rings. The number of hydrogen-bond donors (Lipinski definition) is 1. The van der Waals surface area contributed by atoms with E-state index in [-0.39, 0.29) is 0 Å². The molecule has 0 amide bonds. The zero-order valence-electron chi connectivity index (χ0n) is 7.91. The first-order valence-electron chi connectivity index (χ1n) is 4.35. The van der Waals surface area contributed by atoms with Crippen molar-refractivity contribution in [1.82, 2.24) is 9.38 Å². The lowest BCUT2D eigenvalue weighted by Gasteiger charge is -2.09. The molecule has 0 spiro atoms. The molecular formula is C10H13N3. The SMILES string of the molecule is Cc1cn2cncc2c(C)c1CN. The van der Waals surface area contributed by atoms with Gasteiger partial charge in [-0.05, 0) is 30.5 Å². The molecule has 2 aromatic heterocycles. The summed E-state index contributed by atoms with van der Waals surface area (Å²) in [7, 11) is 0. The summed E-state index contributed by atoms with van der Waals surface area (Å²) in [5.41, 5.74) is 10.5. The summed E-state index contributed by atoms with van der Waals surface area (Å²) in [6, 6.07) is 0. The zero-order chi connectivity index (χ0) is 9.42. The van der Waals surface area contributed by atoms with Gasteiger partial charge in [0.1, 0.15) is 0 Å². The molecule has 2 heterocycles. The number of imidazole rings is 1. The highest BCUT2D eigenvalue weighted by Gasteiger charge is 2.05. The second kappa shape index (κ2) is 2.85. The van der Waals surface area contributed by atoms with Crippen molar-refractivity contribution in [3.8, 4) is 0 Å². The summed E-state index contributed by atoms with van der Waals surface area (Å²) in [4.78, 5) is 4.10. The lowest BCUT2D eigenvalue weighted by atomic mass is 10.1. The minimum Gasteiger partial charge on any atom is -0.326 e. The smallest absolute Gasteiger partial charge is 0.0992 e. The summed E-state index contributed by atoms with van der Waals surface area (Å²) in [6.07, 6.45) is 5.75. The molecule has 13 heavy (non-hydrogen) atoms. The minimum atomic E-state index is 0.597. The van der Waals surface area contributed by atoms with Crippen LogP contribution in [0.4, 0.5) is 0 Å². The average molecular weight is 175 g/mol. The molecule has 0 saturated carbocycles. The third-order valence-electron chi connectivity index (χ3n) is 2.52. The van der Waals surface area contributed by atoms with Crippen LogP contribution >= 0.6 is 0 Å². The Hall–Kier alpha value is -1.35. The highest BCUT2D eigenvalue weighted by Crippen LogP contribution is 2.18. The maximum absolute atomic E-state index is 5.68. The first-order valence-corrected chi connectivity index (χ1v) is 4.35. The highest BCUT2D eigenvalue weighted by atomic mass is 15.0. The van der Waals surface area contributed by atoms with E-state index in [0.29, 0.717) is 6.54 Å². The Balaban J connectivity index is 2.85. The standard InChI is InChI=1S/C10H13N3/c1-7-5-13-6-12-4-10(13)8(2)9(7)3-11/h4-6H,3,11H2,1-2H3. The van der Waals surface area contributed by atoms with Gasteiger partial charge in [-0.25, -0.2) is 4.98 Å². The second-order valence-electron chi connectivity index (χ2n) is 3.31. The van der Waals surface area contributed by atoms with Crippen molar-refractivity contribution in [2.45, 2.75) is 20.4 Å². The van der Waals surface area contributed by atoms with Gasteiger partial charge in [-0.2, -0.15) is 0 Å². The third-order valence-corrected chi connectivity index (χ3v) is 2.52. The monoisotopic (exact) mass is 175 g/mol. The molecule has 3 nitrogen and oxygen atoms in total. The van der Waals surface area contributed by atoms with Crippen LogP contribution in [0.15, 0.2) is 18.7 Å². The first-order chi connectivity index (χ1) is 6.24. The molecule has 0 aliphatic heterocycles. The number of hydrogen-bond acceptors (Lipinski definition) is 2.